The van der Waals surface area contributed by atoms with Gasteiger partial charge in [0.05, 0.1) is 13.2 Å². The molecule has 0 N–H and O–H groups in total. The van der Waals surface area contributed by atoms with Gasteiger partial charge in [0.2, 0.25) is 0 Å². The van der Waals surface area contributed by atoms with E-state index >= 15 is 0 Å². The first kappa shape index (κ1) is 8.93. The van der Waals surface area contributed by atoms with Crippen LogP contribution in [0, 0.1) is 17.8 Å². The maximum absolute atomic E-state index is 5.37. The fourth-order valence-electron chi connectivity index (χ4n) is 3.22. The Labute approximate surface area is 85.9 Å². The quantitative estimate of drug-likeness (QED) is 0.617. The molecule has 3 rings (SSSR count). The molecule has 0 radical (unpaired) electrons. The molecule has 0 amide bonds. The lowest BCUT2D eigenvalue weighted by atomic mass is 9.93. The van der Waals surface area contributed by atoms with Crippen LogP contribution < -0.4 is 0 Å². The summed E-state index contributed by atoms with van der Waals surface area (Å²) in [6.07, 6.45) is 7.77. The summed E-state index contributed by atoms with van der Waals surface area (Å²) < 4.78 is 5.37. The minimum Gasteiger partial charge on any atom is -0.379 e. The lowest BCUT2D eigenvalue weighted by molar-refractivity contribution is 0.0288. The Hall–Kier alpha value is -0.340. The van der Waals surface area contributed by atoms with Gasteiger partial charge in [-0.25, -0.2) is 0 Å². The van der Waals surface area contributed by atoms with Crippen LogP contribution in [0.25, 0.3) is 0 Å². The third-order valence-electron chi connectivity index (χ3n) is 4.01. The van der Waals surface area contributed by atoms with Gasteiger partial charge in [-0.3, -0.25) is 4.90 Å². The van der Waals surface area contributed by atoms with Crippen LogP contribution in [-0.4, -0.2) is 37.7 Å². The van der Waals surface area contributed by atoms with Crippen molar-refractivity contribution in [3.8, 4) is 0 Å². The van der Waals surface area contributed by atoms with Crippen molar-refractivity contribution in [2.45, 2.75) is 12.8 Å². The van der Waals surface area contributed by atoms with E-state index < -0.39 is 0 Å². The van der Waals surface area contributed by atoms with E-state index in [1.165, 1.54) is 19.4 Å². The van der Waals surface area contributed by atoms with Crippen LogP contribution in [-0.2, 0) is 4.74 Å². The minimum absolute atomic E-state index is 0.905. The van der Waals surface area contributed by atoms with Gasteiger partial charge in [0.15, 0.2) is 0 Å². The molecule has 78 valence electrons. The van der Waals surface area contributed by atoms with E-state index in [0.717, 1.165) is 44.1 Å². The Bertz CT molecular complexity index is 232. The minimum atomic E-state index is 0.905. The van der Waals surface area contributed by atoms with E-state index in [2.05, 4.69) is 17.1 Å². The van der Waals surface area contributed by atoms with Gasteiger partial charge in [-0.1, -0.05) is 12.2 Å². The molecule has 14 heavy (non-hydrogen) atoms. The van der Waals surface area contributed by atoms with Crippen molar-refractivity contribution >= 4 is 0 Å². The molecule has 0 aromatic heterocycles. The summed E-state index contributed by atoms with van der Waals surface area (Å²) in [4.78, 5) is 2.59. The molecule has 3 aliphatic rings. The Morgan fingerprint density at radius 1 is 1.14 bits per heavy atom. The van der Waals surface area contributed by atoms with E-state index in [1.807, 2.05) is 0 Å². The Kier molecular flexibility index (Phi) is 2.34. The fourth-order valence-corrected chi connectivity index (χ4v) is 3.22. The molecular weight excluding hydrogens is 174 g/mol. The van der Waals surface area contributed by atoms with Gasteiger partial charge in [0.25, 0.3) is 0 Å². The molecule has 2 bridgehead atoms. The summed E-state index contributed by atoms with van der Waals surface area (Å²) in [6.45, 7) is 5.50. The number of fused-ring (bicyclic) bond motifs is 2. The molecule has 2 aliphatic carbocycles. The molecule has 3 atom stereocenters. The second kappa shape index (κ2) is 3.67. The molecular formula is C12H19NO. The van der Waals surface area contributed by atoms with Gasteiger partial charge in [0.1, 0.15) is 0 Å². The van der Waals surface area contributed by atoms with E-state index in [1.54, 1.807) is 0 Å². The van der Waals surface area contributed by atoms with Gasteiger partial charge in [-0.2, -0.15) is 0 Å². The normalized spacial score (nSPS) is 42.1. The zero-order valence-corrected chi connectivity index (χ0v) is 8.69. The molecule has 1 heterocycles. The topological polar surface area (TPSA) is 12.5 Å². The zero-order chi connectivity index (χ0) is 9.38. The number of allylic oxidation sites excluding steroid dienone is 2. The number of nitrogens with zero attached hydrogens (tertiary/aromatic N) is 1. The van der Waals surface area contributed by atoms with Gasteiger partial charge in [0, 0.05) is 19.6 Å². The van der Waals surface area contributed by atoms with Gasteiger partial charge >= 0.3 is 0 Å². The SMILES string of the molecule is C1=C[C@@H]2C[C@H]1C[C@@H]2CN1CCOCC1. The van der Waals surface area contributed by atoms with E-state index in [-0.39, 0.29) is 0 Å². The first-order valence-electron chi connectivity index (χ1n) is 5.90. The lowest BCUT2D eigenvalue weighted by Crippen LogP contribution is -2.40. The molecule has 0 aromatic carbocycles. The van der Waals surface area contributed by atoms with Crippen molar-refractivity contribution in [3.63, 3.8) is 0 Å². The lowest BCUT2D eigenvalue weighted by Gasteiger charge is -2.31. The van der Waals surface area contributed by atoms with Crippen molar-refractivity contribution in [2.75, 3.05) is 32.8 Å². The monoisotopic (exact) mass is 193 g/mol. The van der Waals surface area contributed by atoms with Crippen molar-refractivity contribution in [1.29, 1.82) is 0 Å². The summed E-state index contributed by atoms with van der Waals surface area (Å²) >= 11 is 0. The Balaban J connectivity index is 1.54. The number of morpholine rings is 1. The predicted octanol–water partition coefficient (Wildman–Crippen LogP) is 1.53. The highest BCUT2D eigenvalue weighted by Crippen LogP contribution is 2.43. The van der Waals surface area contributed by atoms with Crippen LogP contribution in [0.4, 0.5) is 0 Å². The third kappa shape index (κ3) is 1.61. The van der Waals surface area contributed by atoms with E-state index in [9.17, 15) is 0 Å². The fraction of sp³-hybridized carbons (Fsp3) is 0.833. The number of ether oxygens (including phenoxy) is 1. The predicted molar refractivity (Wildman–Crippen MR) is 56.1 cm³/mol. The maximum atomic E-state index is 5.37. The number of hydrogen-bond donors (Lipinski definition) is 0. The van der Waals surface area contributed by atoms with Crippen molar-refractivity contribution in [2.24, 2.45) is 17.8 Å². The highest BCUT2D eigenvalue weighted by Gasteiger charge is 2.36. The zero-order valence-electron chi connectivity index (χ0n) is 8.69. The summed E-state index contributed by atoms with van der Waals surface area (Å²) in [5, 5.41) is 0. The summed E-state index contributed by atoms with van der Waals surface area (Å²) in [7, 11) is 0. The number of rotatable bonds is 2. The van der Waals surface area contributed by atoms with Crippen molar-refractivity contribution in [3.05, 3.63) is 12.2 Å². The van der Waals surface area contributed by atoms with E-state index in [0.29, 0.717) is 0 Å². The summed E-state index contributed by atoms with van der Waals surface area (Å²) in [5.74, 6) is 2.77. The maximum Gasteiger partial charge on any atom is 0.0594 e. The van der Waals surface area contributed by atoms with Crippen LogP contribution in [0.15, 0.2) is 12.2 Å². The molecule has 1 saturated carbocycles. The number of hydrogen-bond acceptors (Lipinski definition) is 2. The first-order valence-corrected chi connectivity index (χ1v) is 5.90. The second-order valence-corrected chi connectivity index (χ2v) is 4.95. The molecule has 2 heteroatoms. The van der Waals surface area contributed by atoms with Crippen LogP contribution >= 0.6 is 0 Å². The Morgan fingerprint density at radius 3 is 2.64 bits per heavy atom. The van der Waals surface area contributed by atoms with Gasteiger partial charge in [-0.05, 0) is 30.6 Å². The summed E-state index contributed by atoms with van der Waals surface area (Å²) in [5.41, 5.74) is 0. The molecule has 0 aromatic rings. The molecule has 0 spiro atoms. The standard InChI is InChI=1S/C12H19NO/c1-2-11-7-10(1)8-12(11)9-13-3-5-14-6-4-13/h1-2,10-12H,3-9H2/t10-,11+,12+/m0/s1. The van der Waals surface area contributed by atoms with Crippen LogP contribution in [0.1, 0.15) is 12.8 Å². The second-order valence-electron chi connectivity index (χ2n) is 4.95. The van der Waals surface area contributed by atoms with Crippen LogP contribution in [0.5, 0.6) is 0 Å². The summed E-state index contributed by atoms with van der Waals surface area (Å²) in [6, 6.07) is 0. The molecule has 1 saturated heterocycles. The largest absolute Gasteiger partial charge is 0.379 e. The van der Waals surface area contributed by atoms with Gasteiger partial charge < -0.3 is 4.74 Å². The average Bonchev–Trinajstić information content (AvgIpc) is 2.81. The molecule has 0 unspecified atom stereocenters. The molecule has 2 nitrogen and oxygen atoms in total. The molecule has 1 aliphatic heterocycles. The van der Waals surface area contributed by atoms with Gasteiger partial charge in [-0.15, -0.1) is 0 Å². The van der Waals surface area contributed by atoms with Crippen LogP contribution in [0.3, 0.4) is 0 Å². The third-order valence-corrected chi connectivity index (χ3v) is 4.01. The molecule has 2 fully saturated rings. The van der Waals surface area contributed by atoms with Crippen molar-refractivity contribution < 1.29 is 4.74 Å². The van der Waals surface area contributed by atoms with Crippen LogP contribution in [0.2, 0.25) is 0 Å². The average molecular weight is 193 g/mol. The smallest absolute Gasteiger partial charge is 0.0594 e. The van der Waals surface area contributed by atoms with E-state index in [4.69, 9.17) is 4.74 Å². The highest BCUT2D eigenvalue weighted by atomic mass is 16.5. The van der Waals surface area contributed by atoms with Crippen molar-refractivity contribution in [1.82, 2.24) is 4.90 Å². The highest BCUT2D eigenvalue weighted by molar-refractivity contribution is 5.10. The first-order chi connectivity index (χ1) is 6.92. The Morgan fingerprint density at radius 2 is 2.00 bits per heavy atom.